The quantitative estimate of drug-likeness (QED) is 0.864. The molecule has 2 nitrogen and oxygen atoms in total. The van der Waals surface area contributed by atoms with Crippen molar-refractivity contribution >= 4 is 10.8 Å². The summed E-state index contributed by atoms with van der Waals surface area (Å²) in [6, 6.07) is 9.54. The first-order valence-corrected chi connectivity index (χ1v) is 7.15. The van der Waals surface area contributed by atoms with Gasteiger partial charge in [0.25, 0.3) is 0 Å². The van der Waals surface area contributed by atoms with Gasteiger partial charge in [-0.3, -0.25) is 4.21 Å². The average molecular weight is 299 g/mol. The van der Waals surface area contributed by atoms with Crippen molar-refractivity contribution < 1.29 is 17.4 Å². The fourth-order valence-electron chi connectivity index (χ4n) is 1.59. The molecule has 1 aromatic carbocycles. The van der Waals surface area contributed by atoms with Crippen LogP contribution in [0.3, 0.4) is 0 Å². The van der Waals surface area contributed by atoms with Crippen LogP contribution in [0.5, 0.6) is 0 Å². The molecule has 0 aliphatic heterocycles. The SMILES string of the molecule is Cc1ccc(C[S@](=O)c2ccc(C(F)(F)F)cn2)cc1. The van der Waals surface area contributed by atoms with E-state index in [9.17, 15) is 17.4 Å². The van der Waals surface area contributed by atoms with E-state index in [-0.39, 0.29) is 10.8 Å². The summed E-state index contributed by atoms with van der Waals surface area (Å²) in [7, 11) is -1.45. The van der Waals surface area contributed by atoms with Gasteiger partial charge in [0.2, 0.25) is 0 Å². The molecule has 0 unspecified atom stereocenters. The highest BCUT2D eigenvalue weighted by molar-refractivity contribution is 7.84. The maximum absolute atomic E-state index is 12.4. The Morgan fingerprint density at radius 2 is 1.75 bits per heavy atom. The van der Waals surface area contributed by atoms with Gasteiger partial charge in [0.05, 0.1) is 22.1 Å². The van der Waals surface area contributed by atoms with Crippen LogP contribution in [0.1, 0.15) is 16.7 Å². The number of pyridine rings is 1. The normalized spacial score (nSPS) is 13.2. The van der Waals surface area contributed by atoms with Crippen LogP contribution in [-0.2, 0) is 22.7 Å². The second-order valence-corrected chi connectivity index (χ2v) is 5.76. The highest BCUT2D eigenvalue weighted by atomic mass is 32.2. The summed E-state index contributed by atoms with van der Waals surface area (Å²) in [6.07, 6.45) is -3.72. The predicted octanol–water partition coefficient (Wildman–Crippen LogP) is 3.72. The number of hydrogen-bond donors (Lipinski definition) is 0. The molecule has 0 spiro atoms. The summed E-state index contributed by atoms with van der Waals surface area (Å²) < 4.78 is 49.2. The van der Waals surface area contributed by atoms with E-state index in [1.165, 1.54) is 0 Å². The van der Waals surface area contributed by atoms with Crippen LogP contribution < -0.4 is 0 Å². The van der Waals surface area contributed by atoms with Crippen LogP contribution in [0.25, 0.3) is 0 Å². The number of aromatic nitrogens is 1. The van der Waals surface area contributed by atoms with Crippen LogP contribution in [0, 0.1) is 6.92 Å². The van der Waals surface area contributed by atoms with Crippen molar-refractivity contribution in [2.45, 2.75) is 23.9 Å². The Hall–Kier alpha value is -1.69. The fraction of sp³-hybridized carbons (Fsp3) is 0.214. The number of alkyl halides is 3. The molecule has 6 heteroatoms. The Balaban J connectivity index is 2.11. The number of hydrogen-bond acceptors (Lipinski definition) is 2. The minimum Gasteiger partial charge on any atom is -0.252 e. The lowest BCUT2D eigenvalue weighted by atomic mass is 10.2. The zero-order chi connectivity index (χ0) is 14.8. The molecule has 0 aliphatic carbocycles. The third kappa shape index (κ3) is 3.66. The van der Waals surface area contributed by atoms with Gasteiger partial charge in [0.1, 0.15) is 5.03 Å². The molecular weight excluding hydrogens is 287 g/mol. The molecule has 0 fully saturated rings. The first kappa shape index (κ1) is 14.7. The molecule has 2 rings (SSSR count). The summed E-state index contributed by atoms with van der Waals surface area (Å²) >= 11 is 0. The third-order valence-electron chi connectivity index (χ3n) is 2.72. The average Bonchev–Trinajstić information content (AvgIpc) is 2.40. The van der Waals surface area contributed by atoms with Crippen molar-refractivity contribution in [3.05, 3.63) is 59.3 Å². The van der Waals surface area contributed by atoms with Gasteiger partial charge in [-0.05, 0) is 24.6 Å². The summed E-state index contributed by atoms with van der Waals surface area (Å²) in [6.45, 7) is 1.94. The van der Waals surface area contributed by atoms with Gasteiger partial charge in [-0.2, -0.15) is 13.2 Å². The second kappa shape index (κ2) is 5.75. The first-order valence-electron chi connectivity index (χ1n) is 5.83. The van der Waals surface area contributed by atoms with E-state index in [4.69, 9.17) is 0 Å². The van der Waals surface area contributed by atoms with Crippen LogP contribution in [0.4, 0.5) is 13.2 Å². The number of rotatable bonds is 3. The van der Waals surface area contributed by atoms with Crippen molar-refractivity contribution in [1.29, 1.82) is 0 Å². The van der Waals surface area contributed by atoms with Crippen LogP contribution in [0.2, 0.25) is 0 Å². The second-order valence-electron chi connectivity index (χ2n) is 4.36. The summed E-state index contributed by atoms with van der Waals surface area (Å²) in [5, 5.41) is 0.151. The molecule has 2 aromatic rings. The molecule has 106 valence electrons. The zero-order valence-corrected chi connectivity index (χ0v) is 11.5. The van der Waals surface area contributed by atoms with Crippen LogP contribution in [-0.4, -0.2) is 9.19 Å². The molecule has 0 radical (unpaired) electrons. The molecular formula is C14H12F3NOS. The van der Waals surface area contributed by atoms with Crippen molar-refractivity contribution in [3.63, 3.8) is 0 Å². The van der Waals surface area contributed by atoms with Gasteiger partial charge in [0, 0.05) is 6.20 Å². The Labute approximate surface area is 117 Å². The lowest BCUT2D eigenvalue weighted by molar-refractivity contribution is -0.137. The molecule has 0 bridgehead atoms. The number of halogens is 3. The molecule has 1 atom stereocenters. The van der Waals surface area contributed by atoms with E-state index in [1.54, 1.807) is 0 Å². The highest BCUT2D eigenvalue weighted by Crippen LogP contribution is 2.28. The molecule has 0 amide bonds. The summed E-state index contributed by atoms with van der Waals surface area (Å²) in [5.41, 5.74) is 1.11. The standard InChI is InChI=1S/C14H12F3NOS/c1-10-2-4-11(5-3-10)9-20(19)13-7-6-12(8-18-13)14(15,16)17/h2-8H,9H2,1H3/t20-/m0/s1. The van der Waals surface area contributed by atoms with Crippen molar-refractivity contribution in [3.8, 4) is 0 Å². The molecule has 0 aliphatic rings. The van der Waals surface area contributed by atoms with Gasteiger partial charge in [-0.15, -0.1) is 0 Å². The largest absolute Gasteiger partial charge is 0.417 e. The fourth-order valence-corrected chi connectivity index (χ4v) is 2.63. The maximum atomic E-state index is 12.4. The van der Waals surface area contributed by atoms with E-state index in [0.29, 0.717) is 6.20 Å². The Kier molecular flexibility index (Phi) is 4.23. The lowest BCUT2D eigenvalue weighted by Gasteiger charge is -2.07. The van der Waals surface area contributed by atoms with E-state index < -0.39 is 22.5 Å². The van der Waals surface area contributed by atoms with E-state index in [1.807, 2.05) is 31.2 Å². The van der Waals surface area contributed by atoms with Crippen LogP contribution in [0.15, 0.2) is 47.6 Å². The molecule has 0 saturated carbocycles. The van der Waals surface area contributed by atoms with Gasteiger partial charge < -0.3 is 0 Å². The Morgan fingerprint density at radius 1 is 1.10 bits per heavy atom. The molecule has 0 N–H and O–H groups in total. The lowest BCUT2D eigenvalue weighted by Crippen LogP contribution is -2.07. The number of nitrogens with zero attached hydrogens (tertiary/aromatic N) is 1. The van der Waals surface area contributed by atoms with Crippen LogP contribution >= 0.6 is 0 Å². The topological polar surface area (TPSA) is 30.0 Å². The molecule has 20 heavy (non-hydrogen) atoms. The zero-order valence-electron chi connectivity index (χ0n) is 10.6. The van der Waals surface area contributed by atoms with Gasteiger partial charge in [-0.25, -0.2) is 4.98 Å². The predicted molar refractivity (Wildman–Crippen MR) is 70.5 cm³/mol. The minimum absolute atomic E-state index is 0.151. The number of aryl methyl sites for hydroxylation is 1. The van der Waals surface area contributed by atoms with Gasteiger partial charge in [0.15, 0.2) is 0 Å². The third-order valence-corrected chi connectivity index (χ3v) is 4.02. The molecule has 1 heterocycles. The molecule has 1 aromatic heterocycles. The Bertz CT molecular complexity index is 606. The summed E-state index contributed by atoms with van der Waals surface area (Å²) in [4.78, 5) is 3.64. The first-order chi connectivity index (χ1) is 9.36. The van der Waals surface area contributed by atoms with E-state index in [0.717, 1.165) is 23.3 Å². The monoisotopic (exact) mass is 299 g/mol. The Morgan fingerprint density at radius 3 is 2.25 bits per heavy atom. The maximum Gasteiger partial charge on any atom is 0.417 e. The van der Waals surface area contributed by atoms with E-state index >= 15 is 0 Å². The smallest absolute Gasteiger partial charge is 0.252 e. The highest BCUT2D eigenvalue weighted by Gasteiger charge is 2.30. The minimum atomic E-state index is -4.43. The van der Waals surface area contributed by atoms with Gasteiger partial charge in [-0.1, -0.05) is 29.8 Å². The summed E-state index contributed by atoms with van der Waals surface area (Å²) in [5.74, 6) is 0.235. The van der Waals surface area contributed by atoms with Gasteiger partial charge >= 0.3 is 6.18 Å². The molecule has 0 saturated heterocycles. The van der Waals surface area contributed by atoms with E-state index in [2.05, 4.69) is 4.98 Å². The van der Waals surface area contributed by atoms with Crippen molar-refractivity contribution in [1.82, 2.24) is 4.98 Å². The number of benzene rings is 1. The van der Waals surface area contributed by atoms with Crippen molar-refractivity contribution in [2.24, 2.45) is 0 Å². The van der Waals surface area contributed by atoms with Crippen molar-refractivity contribution in [2.75, 3.05) is 0 Å².